The van der Waals surface area contributed by atoms with E-state index in [1.807, 2.05) is 24.3 Å². The minimum absolute atomic E-state index is 0.0423. The molecule has 0 aliphatic carbocycles. The number of rotatable bonds is 2. The Kier molecular flexibility index (Phi) is 3.33. The SMILES string of the molecule is O=C(/C=C\c1ccc(F)cc1)N1CCc2ccccc21. The number of carbonyl (C=O) groups excluding carboxylic acids is 1. The monoisotopic (exact) mass is 267 g/mol. The summed E-state index contributed by atoms with van der Waals surface area (Å²) in [5, 5.41) is 0. The van der Waals surface area contributed by atoms with Crippen LogP contribution in [0.5, 0.6) is 0 Å². The van der Waals surface area contributed by atoms with Crippen LogP contribution in [-0.4, -0.2) is 12.5 Å². The van der Waals surface area contributed by atoms with E-state index in [-0.39, 0.29) is 11.7 Å². The number of anilines is 1. The Morgan fingerprint density at radius 1 is 1.10 bits per heavy atom. The number of carbonyl (C=O) groups is 1. The molecule has 0 spiro atoms. The van der Waals surface area contributed by atoms with Crippen LogP contribution in [0.25, 0.3) is 6.08 Å². The summed E-state index contributed by atoms with van der Waals surface area (Å²) in [6.45, 7) is 0.714. The largest absolute Gasteiger partial charge is 0.308 e. The lowest BCUT2D eigenvalue weighted by atomic mass is 10.2. The minimum Gasteiger partial charge on any atom is -0.308 e. The van der Waals surface area contributed by atoms with E-state index < -0.39 is 0 Å². The van der Waals surface area contributed by atoms with E-state index in [4.69, 9.17) is 0 Å². The molecule has 0 saturated carbocycles. The third kappa shape index (κ3) is 2.48. The zero-order valence-corrected chi connectivity index (χ0v) is 10.9. The first-order valence-corrected chi connectivity index (χ1v) is 6.57. The Morgan fingerprint density at radius 3 is 2.65 bits per heavy atom. The lowest BCUT2D eigenvalue weighted by molar-refractivity contribution is -0.114. The lowest BCUT2D eigenvalue weighted by Crippen LogP contribution is -2.26. The second kappa shape index (κ2) is 5.29. The molecule has 1 amide bonds. The second-order valence-electron chi connectivity index (χ2n) is 4.75. The van der Waals surface area contributed by atoms with Crippen LogP contribution >= 0.6 is 0 Å². The highest BCUT2D eigenvalue weighted by Gasteiger charge is 2.22. The fourth-order valence-electron chi connectivity index (χ4n) is 2.40. The van der Waals surface area contributed by atoms with E-state index >= 15 is 0 Å². The molecule has 0 fully saturated rings. The third-order valence-electron chi connectivity index (χ3n) is 3.44. The highest BCUT2D eigenvalue weighted by molar-refractivity contribution is 6.05. The Morgan fingerprint density at radius 2 is 1.85 bits per heavy atom. The van der Waals surface area contributed by atoms with E-state index in [1.54, 1.807) is 23.1 Å². The van der Waals surface area contributed by atoms with Crippen molar-refractivity contribution in [2.45, 2.75) is 6.42 Å². The molecule has 2 aromatic rings. The number of halogens is 1. The van der Waals surface area contributed by atoms with Crippen LogP contribution in [0, 0.1) is 5.82 Å². The molecule has 0 aromatic heterocycles. The van der Waals surface area contributed by atoms with E-state index in [9.17, 15) is 9.18 Å². The number of hydrogen-bond acceptors (Lipinski definition) is 1. The molecule has 3 heteroatoms. The van der Waals surface area contributed by atoms with Crippen molar-refractivity contribution in [3.8, 4) is 0 Å². The van der Waals surface area contributed by atoms with Gasteiger partial charge in [-0.3, -0.25) is 4.79 Å². The van der Waals surface area contributed by atoms with E-state index in [0.717, 1.165) is 17.7 Å². The first-order chi connectivity index (χ1) is 9.74. The van der Waals surface area contributed by atoms with Crippen molar-refractivity contribution < 1.29 is 9.18 Å². The van der Waals surface area contributed by atoms with Crippen molar-refractivity contribution in [2.24, 2.45) is 0 Å². The van der Waals surface area contributed by atoms with Gasteiger partial charge >= 0.3 is 0 Å². The highest BCUT2D eigenvalue weighted by Crippen LogP contribution is 2.27. The minimum atomic E-state index is -0.276. The summed E-state index contributed by atoms with van der Waals surface area (Å²) in [6, 6.07) is 14.0. The van der Waals surface area contributed by atoms with Crippen molar-refractivity contribution in [3.05, 3.63) is 71.6 Å². The van der Waals surface area contributed by atoms with Gasteiger partial charge in [-0.15, -0.1) is 0 Å². The number of hydrogen-bond donors (Lipinski definition) is 0. The maximum Gasteiger partial charge on any atom is 0.251 e. The van der Waals surface area contributed by atoms with Gasteiger partial charge in [-0.25, -0.2) is 4.39 Å². The van der Waals surface area contributed by atoms with Gasteiger partial charge in [0.25, 0.3) is 5.91 Å². The average Bonchev–Trinajstić information content (AvgIpc) is 2.90. The standard InChI is InChI=1S/C17H14FNO/c18-15-8-5-13(6-9-15)7-10-17(20)19-12-11-14-3-1-2-4-16(14)19/h1-10H,11-12H2/b10-7-. The molecule has 1 heterocycles. The van der Waals surface area contributed by atoms with Crippen LogP contribution in [0.15, 0.2) is 54.6 Å². The van der Waals surface area contributed by atoms with Crippen molar-refractivity contribution in [3.63, 3.8) is 0 Å². The van der Waals surface area contributed by atoms with Gasteiger partial charge in [0.15, 0.2) is 0 Å². The summed E-state index contributed by atoms with van der Waals surface area (Å²) < 4.78 is 12.8. The molecule has 0 radical (unpaired) electrons. The molecule has 0 atom stereocenters. The summed E-state index contributed by atoms with van der Waals surface area (Å²) in [6.07, 6.45) is 4.14. The van der Waals surface area contributed by atoms with E-state index in [2.05, 4.69) is 0 Å². The van der Waals surface area contributed by atoms with Gasteiger partial charge in [-0.05, 0) is 41.8 Å². The molecule has 1 aliphatic heterocycles. The Hall–Kier alpha value is -2.42. The molecule has 0 bridgehead atoms. The third-order valence-corrected chi connectivity index (χ3v) is 3.44. The quantitative estimate of drug-likeness (QED) is 0.763. The van der Waals surface area contributed by atoms with Gasteiger partial charge in [0, 0.05) is 18.3 Å². The molecule has 100 valence electrons. The van der Waals surface area contributed by atoms with Crippen molar-refractivity contribution in [2.75, 3.05) is 11.4 Å². The molecule has 1 aliphatic rings. The molecular weight excluding hydrogens is 253 g/mol. The fourth-order valence-corrected chi connectivity index (χ4v) is 2.40. The maximum absolute atomic E-state index is 12.8. The van der Waals surface area contributed by atoms with E-state index in [1.165, 1.54) is 23.8 Å². The fraction of sp³-hybridized carbons (Fsp3) is 0.118. The Labute approximate surface area is 117 Å². The number of benzene rings is 2. The van der Waals surface area contributed by atoms with Crippen LogP contribution in [-0.2, 0) is 11.2 Å². The molecule has 0 unspecified atom stereocenters. The summed E-state index contributed by atoms with van der Waals surface area (Å²) in [5.41, 5.74) is 3.00. The molecule has 2 aromatic carbocycles. The van der Waals surface area contributed by atoms with Crippen LogP contribution in [0.4, 0.5) is 10.1 Å². The average molecular weight is 267 g/mol. The molecule has 3 rings (SSSR count). The van der Waals surface area contributed by atoms with Crippen LogP contribution in [0.1, 0.15) is 11.1 Å². The predicted octanol–water partition coefficient (Wildman–Crippen LogP) is 3.43. The van der Waals surface area contributed by atoms with Gasteiger partial charge < -0.3 is 4.90 Å². The first kappa shape index (κ1) is 12.6. The summed E-state index contributed by atoms with van der Waals surface area (Å²) in [7, 11) is 0. The smallest absolute Gasteiger partial charge is 0.251 e. The summed E-state index contributed by atoms with van der Waals surface area (Å²) in [5.74, 6) is -0.318. The van der Waals surface area contributed by atoms with E-state index in [0.29, 0.717) is 6.54 Å². The number of para-hydroxylation sites is 1. The molecule has 2 nitrogen and oxygen atoms in total. The number of fused-ring (bicyclic) bond motifs is 1. The predicted molar refractivity (Wildman–Crippen MR) is 77.9 cm³/mol. The maximum atomic E-state index is 12.8. The van der Waals surface area contributed by atoms with Gasteiger partial charge in [0.05, 0.1) is 0 Å². The molecule has 0 saturated heterocycles. The first-order valence-electron chi connectivity index (χ1n) is 6.57. The zero-order chi connectivity index (χ0) is 13.9. The second-order valence-corrected chi connectivity index (χ2v) is 4.75. The van der Waals surface area contributed by atoms with Crippen LogP contribution < -0.4 is 4.90 Å². The zero-order valence-electron chi connectivity index (χ0n) is 10.9. The topological polar surface area (TPSA) is 20.3 Å². The van der Waals surface area contributed by atoms with Crippen LogP contribution in [0.2, 0.25) is 0 Å². The lowest BCUT2D eigenvalue weighted by Gasteiger charge is -2.14. The molecule has 0 N–H and O–H groups in total. The van der Waals surface area contributed by atoms with Crippen molar-refractivity contribution in [1.29, 1.82) is 0 Å². The molecule has 20 heavy (non-hydrogen) atoms. The normalized spacial score (nSPS) is 13.8. The summed E-state index contributed by atoms with van der Waals surface area (Å²) in [4.78, 5) is 14.0. The van der Waals surface area contributed by atoms with Crippen LogP contribution in [0.3, 0.4) is 0 Å². The Balaban J connectivity index is 1.76. The number of nitrogens with zero attached hydrogens (tertiary/aromatic N) is 1. The molecular formula is C17H14FNO. The van der Waals surface area contributed by atoms with Gasteiger partial charge in [0.2, 0.25) is 0 Å². The van der Waals surface area contributed by atoms with Crippen molar-refractivity contribution >= 4 is 17.7 Å². The van der Waals surface area contributed by atoms with Gasteiger partial charge in [-0.2, -0.15) is 0 Å². The van der Waals surface area contributed by atoms with Crippen molar-refractivity contribution in [1.82, 2.24) is 0 Å². The summed E-state index contributed by atoms with van der Waals surface area (Å²) >= 11 is 0. The highest BCUT2D eigenvalue weighted by atomic mass is 19.1. The van der Waals surface area contributed by atoms with Gasteiger partial charge in [0.1, 0.15) is 5.82 Å². The number of amides is 1. The van der Waals surface area contributed by atoms with Gasteiger partial charge in [-0.1, -0.05) is 30.3 Å². The Bertz CT molecular complexity index is 661.